The lowest BCUT2D eigenvalue weighted by atomic mass is 9.85. The van der Waals surface area contributed by atoms with Crippen LogP contribution >= 0.6 is 11.3 Å². The van der Waals surface area contributed by atoms with Gasteiger partial charge < -0.3 is 14.8 Å². The van der Waals surface area contributed by atoms with Crippen molar-refractivity contribution in [2.24, 2.45) is 5.92 Å². The summed E-state index contributed by atoms with van der Waals surface area (Å²) in [5.41, 5.74) is 2.92. The lowest BCUT2D eigenvalue weighted by Gasteiger charge is -2.23. The SMILES string of the molecule is Cc1cnc([C@@H](C)NC(=O)c2cccc(-c3ncc(C4CCC4)s3)c2OC[C@H]2CCOC2)cn1. The summed E-state index contributed by atoms with van der Waals surface area (Å²) in [5.74, 6) is 1.33. The molecule has 178 valence electrons. The summed E-state index contributed by atoms with van der Waals surface area (Å²) in [5, 5.41) is 3.95. The zero-order valence-corrected chi connectivity index (χ0v) is 20.4. The van der Waals surface area contributed by atoms with Gasteiger partial charge in [-0.25, -0.2) is 4.98 Å². The van der Waals surface area contributed by atoms with Crippen molar-refractivity contribution in [3.8, 4) is 16.3 Å². The van der Waals surface area contributed by atoms with Gasteiger partial charge in [0.1, 0.15) is 10.8 Å². The average Bonchev–Trinajstić information content (AvgIpc) is 3.49. The molecule has 1 aromatic carbocycles. The second-order valence-corrected chi connectivity index (χ2v) is 10.3. The Bertz CT molecular complexity index is 1140. The fourth-order valence-corrected chi connectivity index (χ4v) is 5.33. The van der Waals surface area contributed by atoms with Crippen LogP contribution in [-0.4, -0.2) is 40.7 Å². The fourth-order valence-electron chi connectivity index (χ4n) is 4.22. The van der Waals surface area contributed by atoms with Crippen LogP contribution in [-0.2, 0) is 4.74 Å². The van der Waals surface area contributed by atoms with Crippen LogP contribution in [0.25, 0.3) is 10.6 Å². The molecule has 1 N–H and O–H groups in total. The molecular weight excluding hydrogens is 448 g/mol. The predicted molar refractivity (Wildman–Crippen MR) is 131 cm³/mol. The first kappa shape index (κ1) is 22.9. The molecule has 1 aliphatic carbocycles. The number of rotatable bonds is 8. The van der Waals surface area contributed by atoms with E-state index in [0.29, 0.717) is 42.1 Å². The summed E-state index contributed by atoms with van der Waals surface area (Å²) < 4.78 is 11.9. The molecule has 0 radical (unpaired) electrons. The third kappa shape index (κ3) is 4.98. The number of thiazole rings is 1. The van der Waals surface area contributed by atoms with E-state index in [2.05, 4.69) is 15.3 Å². The van der Waals surface area contributed by atoms with Gasteiger partial charge in [0.25, 0.3) is 5.91 Å². The molecule has 7 nitrogen and oxygen atoms in total. The smallest absolute Gasteiger partial charge is 0.255 e. The monoisotopic (exact) mass is 478 g/mol. The molecular formula is C26H30N4O3S. The Labute approximate surface area is 204 Å². The molecule has 8 heteroatoms. The highest BCUT2D eigenvalue weighted by atomic mass is 32.1. The molecule has 1 amide bonds. The van der Waals surface area contributed by atoms with E-state index in [9.17, 15) is 4.79 Å². The maximum absolute atomic E-state index is 13.4. The van der Waals surface area contributed by atoms with E-state index >= 15 is 0 Å². The van der Waals surface area contributed by atoms with Gasteiger partial charge in [-0.05, 0) is 51.2 Å². The number of aromatic nitrogens is 3. The number of amides is 1. The molecule has 0 bridgehead atoms. The lowest BCUT2D eigenvalue weighted by molar-refractivity contribution is 0.0933. The van der Waals surface area contributed by atoms with E-state index in [-0.39, 0.29) is 11.9 Å². The third-order valence-electron chi connectivity index (χ3n) is 6.60. The number of benzene rings is 1. The van der Waals surface area contributed by atoms with Crippen molar-refractivity contribution in [3.05, 3.63) is 58.6 Å². The summed E-state index contributed by atoms with van der Waals surface area (Å²) in [6.07, 6.45) is 10.1. The molecule has 2 fully saturated rings. The van der Waals surface area contributed by atoms with Crippen LogP contribution in [0.5, 0.6) is 5.75 Å². The van der Waals surface area contributed by atoms with E-state index in [0.717, 1.165) is 29.3 Å². The maximum Gasteiger partial charge on any atom is 0.255 e. The summed E-state index contributed by atoms with van der Waals surface area (Å²) >= 11 is 1.71. The van der Waals surface area contributed by atoms with Gasteiger partial charge in [0.05, 0.1) is 48.0 Å². The molecule has 0 unspecified atom stereocenters. The number of nitrogens with one attached hydrogen (secondary N) is 1. The van der Waals surface area contributed by atoms with E-state index in [1.807, 2.05) is 38.2 Å². The van der Waals surface area contributed by atoms with Crippen molar-refractivity contribution >= 4 is 17.2 Å². The van der Waals surface area contributed by atoms with E-state index in [1.54, 1.807) is 23.7 Å². The van der Waals surface area contributed by atoms with Crippen LogP contribution < -0.4 is 10.1 Å². The van der Waals surface area contributed by atoms with Crippen molar-refractivity contribution in [1.29, 1.82) is 0 Å². The molecule has 2 atom stereocenters. The molecule has 5 rings (SSSR count). The van der Waals surface area contributed by atoms with Crippen LogP contribution in [0.3, 0.4) is 0 Å². The Balaban J connectivity index is 1.42. The van der Waals surface area contributed by atoms with Gasteiger partial charge in [-0.15, -0.1) is 11.3 Å². The minimum absolute atomic E-state index is 0.204. The zero-order chi connectivity index (χ0) is 23.5. The van der Waals surface area contributed by atoms with Crippen molar-refractivity contribution in [1.82, 2.24) is 20.3 Å². The summed E-state index contributed by atoms with van der Waals surface area (Å²) in [6, 6.07) is 5.42. The van der Waals surface area contributed by atoms with Gasteiger partial charge in [-0.1, -0.05) is 12.5 Å². The summed E-state index contributed by atoms with van der Waals surface area (Å²) in [7, 11) is 0. The highest BCUT2D eigenvalue weighted by Crippen LogP contribution is 2.43. The van der Waals surface area contributed by atoms with Gasteiger partial charge in [0.2, 0.25) is 0 Å². The first-order chi connectivity index (χ1) is 16.6. The Morgan fingerprint density at radius 2 is 2.09 bits per heavy atom. The lowest BCUT2D eigenvalue weighted by Crippen LogP contribution is -2.28. The molecule has 0 spiro atoms. The first-order valence-corrected chi connectivity index (χ1v) is 12.8. The predicted octanol–water partition coefficient (Wildman–Crippen LogP) is 5.08. The summed E-state index contributed by atoms with van der Waals surface area (Å²) in [6.45, 7) is 5.76. The largest absolute Gasteiger partial charge is 0.492 e. The second-order valence-electron chi connectivity index (χ2n) is 9.20. The topological polar surface area (TPSA) is 86.2 Å². The van der Waals surface area contributed by atoms with Crippen molar-refractivity contribution in [2.45, 2.75) is 51.5 Å². The quantitative estimate of drug-likeness (QED) is 0.486. The van der Waals surface area contributed by atoms with Gasteiger partial charge in [0.15, 0.2) is 0 Å². The van der Waals surface area contributed by atoms with Gasteiger partial charge >= 0.3 is 0 Å². The number of carbonyl (C=O) groups excluding carboxylic acids is 1. The molecule has 1 saturated carbocycles. The third-order valence-corrected chi connectivity index (χ3v) is 7.79. The van der Waals surface area contributed by atoms with Gasteiger partial charge in [0, 0.05) is 29.8 Å². The molecule has 2 aliphatic rings. The average molecular weight is 479 g/mol. The standard InChI is InChI=1S/C26H30N4O3S/c1-16-11-28-22(12-27-16)17(2)30-25(31)20-7-4-8-21(24(20)33-15-18-9-10-32-14-18)26-29-13-23(34-26)19-5-3-6-19/h4,7-8,11-13,17-19H,3,5-6,9-10,14-15H2,1-2H3,(H,30,31)/t17-,18+/m1/s1. The Morgan fingerprint density at radius 3 is 2.79 bits per heavy atom. The summed E-state index contributed by atoms with van der Waals surface area (Å²) in [4.78, 5) is 28.1. The van der Waals surface area contributed by atoms with Crippen molar-refractivity contribution in [3.63, 3.8) is 0 Å². The number of ether oxygens (including phenoxy) is 2. The van der Waals surface area contributed by atoms with E-state index < -0.39 is 0 Å². The molecule has 3 aromatic rings. The molecule has 2 aromatic heterocycles. The number of carbonyl (C=O) groups is 1. The Morgan fingerprint density at radius 1 is 1.21 bits per heavy atom. The fraction of sp³-hybridized carbons (Fsp3) is 0.462. The minimum Gasteiger partial charge on any atom is -0.492 e. The van der Waals surface area contributed by atoms with Crippen LogP contribution in [0.1, 0.15) is 71.2 Å². The number of hydrogen-bond donors (Lipinski definition) is 1. The van der Waals surface area contributed by atoms with Crippen molar-refractivity contribution in [2.75, 3.05) is 19.8 Å². The number of hydrogen-bond acceptors (Lipinski definition) is 7. The Kier molecular flexibility index (Phi) is 6.87. The van der Waals surface area contributed by atoms with Crippen LogP contribution in [0.4, 0.5) is 0 Å². The normalized spacial score (nSPS) is 18.9. The number of nitrogens with zero attached hydrogens (tertiary/aromatic N) is 3. The van der Waals surface area contributed by atoms with E-state index in [4.69, 9.17) is 14.5 Å². The van der Waals surface area contributed by atoms with Gasteiger partial charge in [-0.3, -0.25) is 14.8 Å². The van der Waals surface area contributed by atoms with Gasteiger partial charge in [-0.2, -0.15) is 0 Å². The van der Waals surface area contributed by atoms with Crippen LogP contribution in [0.15, 0.2) is 36.8 Å². The van der Waals surface area contributed by atoms with Crippen LogP contribution in [0.2, 0.25) is 0 Å². The van der Waals surface area contributed by atoms with Crippen LogP contribution in [0, 0.1) is 12.8 Å². The minimum atomic E-state index is -0.287. The van der Waals surface area contributed by atoms with Crippen molar-refractivity contribution < 1.29 is 14.3 Å². The number of para-hydroxylation sites is 1. The molecule has 34 heavy (non-hydrogen) atoms. The highest BCUT2D eigenvalue weighted by Gasteiger charge is 2.26. The first-order valence-electron chi connectivity index (χ1n) is 12.0. The Hall–Kier alpha value is -2.84. The molecule has 1 aliphatic heterocycles. The van der Waals surface area contributed by atoms with E-state index in [1.165, 1.54) is 24.1 Å². The zero-order valence-electron chi connectivity index (χ0n) is 19.6. The molecule has 1 saturated heterocycles. The molecule has 3 heterocycles. The second kappa shape index (κ2) is 10.2. The maximum atomic E-state index is 13.4. The number of aryl methyl sites for hydroxylation is 1. The highest BCUT2D eigenvalue weighted by molar-refractivity contribution is 7.15.